The minimum absolute atomic E-state index is 0.132. The number of benzene rings is 2. The van der Waals surface area contributed by atoms with Crippen molar-refractivity contribution in [3.63, 3.8) is 0 Å². The molecule has 0 aliphatic carbocycles. The second-order valence-electron chi connectivity index (χ2n) is 7.93. The van der Waals surface area contributed by atoms with Crippen LogP contribution in [0, 0.1) is 5.82 Å². The molecule has 2 heterocycles. The van der Waals surface area contributed by atoms with Crippen molar-refractivity contribution >= 4 is 23.6 Å². The van der Waals surface area contributed by atoms with E-state index >= 15 is 0 Å². The molecule has 2 aromatic rings. The number of halogens is 1. The molecule has 4 nitrogen and oxygen atoms in total. The first kappa shape index (κ1) is 20.9. The van der Waals surface area contributed by atoms with Crippen LogP contribution in [0.15, 0.2) is 54.6 Å². The molecule has 1 atom stereocenters. The summed E-state index contributed by atoms with van der Waals surface area (Å²) in [5.74, 6) is 0.154. The Morgan fingerprint density at radius 3 is 2.37 bits per heavy atom. The second-order valence-corrected chi connectivity index (χ2v) is 9.38. The Morgan fingerprint density at radius 1 is 1.03 bits per heavy atom. The number of hydrogen-bond donors (Lipinski definition) is 0. The summed E-state index contributed by atoms with van der Waals surface area (Å²) in [5, 5.41) is 0. The molecule has 2 fully saturated rings. The average molecular weight is 427 g/mol. The third kappa shape index (κ3) is 3.85. The van der Waals surface area contributed by atoms with Crippen LogP contribution in [0.2, 0.25) is 0 Å². The molecule has 0 N–H and O–H groups in total. The third-order valence-electron chi connectivity index (χ3n) is 6.29. The van der Waals surface area contributed by atoms with Gasteiger partial charge in [-0.2, -0.15) is 0 Å². The van der Waals surface area contributed by atoms with Crippen molar-refractivity contribution in [3.8, 4) is 0 Å². The quantitative estimate of drug-likeness (QED) is 0.721. The fourth-order valence-corrected chi connectivity index (χ4v) is 6.08. The fraction of sp³-hybridized carbons (Fsp3) is 0.417. The van der Waals surface area contributed by atoms with E-state index in [1.807, 2.05) is 47.1 Å². The average Bonchev–Trinajstić information content (AvgIpc) is 3.18. The number of thioether (sulfide) groups is 1. The summed E-state index contributed by atoms with van der Waals surface area (Å²) in [5.41, 5.74) is 1.19. The largest absolute Gasteiger partial charge is 0.342 e. The van der Waals surface area contributed by atoms with Crippen molar-refractivity contribution in [3.05, 3.63) is 71.5 Å². The third-order valence-corrected chi connectivity index (χ3v) is 7.84. The maximum Gasteiger partial charge on any atom is 0.257 e. The van der Waals surface area contributed by atoms with Gasteiger partial charge in [0, 0.05) is 25.4 Å². The van der Waals surface area contributed by atoms with Crippen LogP contribution in [-0.4, -0.2) is 51.9 Å². The van der Waals surface area contributed by atoms with Gasteiger partial charge in [-0.15, -0.1) is 11.8 Å². The summed E-state index contributed by atoms with van der Waals surface area (Å²) >= 11 is 1.77. The highest BCUT2D eigenvalue weighted by Crippen LogP contribution is 2.45. The Morgan fingerprint density at radius 2 is 1.70 bits per heavy atom. The minimum Gasteiger partial charge on any atom is -0.342 e. The lowest BCUT2D eigenvalue weighted by atomic mass is 9.93. The van der Waals surface area contributed by atoms with Crippen LogP contribution in [-0.2, 0) is 4.79 Å². The van der Waals surface area contributed by atoms with Gasteiger partial charge in [-0.25, -0.2) is 4.39 Å². The molecule has 1 unspecified atom stereocenters. The van der Waals surface area contributed by atoms with Crippen molar-refractivity contribution in [2.24, 2.45) is 0 Å². The lowest BCUT2D eigenvalue weighted by molar-refractivity contribution is -0.134. The molecule has 0 aromatic heterocycles. The Hall–Kier alpha value is -2.34. The molecule has 6 heteroatoms. The van der Waals surface area contributed by atoms with E-state index < -0.39 is 5.82 Å². The zero-order valence-electron chi connectivity index (χ0n) is 17.2. The second kappa shape index (κ2) is 8.80. The van der Waals surface area contributed by atoms with Gasteiger partial charge in [-0.3, -0.25) is 9.59 Å². The number of carbonyl (C=O) groups excluding carboxylic acids is 2. The molecule has 1 spiro atoms. The molecule has 2 aromatic carbocycles. The Kier molecular flexibility index (Phi) is 6.14. The first-order valence-electron chi connectivity index (χ1n) is 10.6. The predicted molar refractivity (Wildman–Crippen MR) is 118 cm³/mol. The van der Waals surface area contributed by atoms with E-state index in [2.05, 4.69) is 0 Å². The van der Waals surface area contributed by atoms with E-state index in [0.717, 1.165) is 30.6 Å². The number of amides is 2. The zero-order valence-corrected chi connectivity index (χ0v) is 18.0. The molecule has 4 rings (SSSR count). The molecular formula is C24H27FN2O2S. The molecule has 30 heavy (non-hydrogen) atoms. The molecule has 0 radical (unpaired) electrons. The standard InChI is InChI=1S/C24H27FN2O2S/c1-2-19(18-8-4-3-5-9-18)22(28)26-14-12-24(13-15-26)27(16-17-30-24)23(29)20-10-6-7-11-21(20)25/h3-11,19H,2,12-17H2,1H3. The monoisotopic (exact) mass is 426 g/mol. The van der Waals surface area contributed by atoms with Gasteiger partial charge in [0.15, 0.2) is 0 Å². The van der Waals surface area contributed by atoms with Crippen molar-refractivity contribution in [2.75, 3.05) is 25.4 Å². The van der Waals surface area contributed by atoms with Crippen molar-refractivity contribution in [2.45, 2.75) is 37.0 Å². The maximum absolute atomic E-state index is 14.2. The first-order chi connectivity index (χ1) is 14.6. The number of carbonyl (C=O) groups is 2. The smallest absolute Gasteiger partial charge is 0.257 e. The Bertz CT molecular complexity index is 912. The van der Waals surface area contributed by atoms with Gasteiger partial charge in [0.2, 0.25) is 5.91 Å². The van der Waals surface area contributed by atoms with Crippen LogP contribution in [0.3, 0.4) is 0 Å². The van der Waals surface area contributed by atoms with Gasteiger partial charge in [-0.1, -0.05) is 49.4 Å². The number of rotatable bonds is 4. The normalized spacial score (nSPS) is 19.1. The minimum atomic E-state index is -0.476. The lowest BCUT2D eigenvalue weighted by Gasteiger charge is -2.44. The maximum atomic E-state index is 14.2. The van der Waals surface area contributed by atoms with E-state index in [4.69, 9.17) is 0 Å². The molecule has 2 aliphatic rings. The topological polar surface area (TPSA) is 40.6 Å². The molecule has 2 amide bonds. The van der Waals surface area contributed by atoms with E-state index in [0.29, 0.717) is 19.6 Å². The number of hydrogen-bond acceptors (Lipinski definition) is 3. The lowest BCUT2D eigenvalue weighted by Crippen LogP contribution is -2.54. The highest BCUT2D eigenvalue weighted by molar-refractivity contribution is 8.00. The molecule has 2 saturated heterocycles. The van der Waals surface area contributed by atoms with Crippen LogP contribution in [0.25, 0.3) is 0 Å². The first-order valence-corrected chi connectivity index (χ1v) is 11.6. The fourth-order valence-electron chi connectivity index (χ4n) is 4.62. The van der Waals surface area contributed by atoms with Gasteiger partial charge in [0.1, 0.15) is 5.82 Å². The Balaban J connectivity index is 1.47. The summed E-state index contributed by atoms with van der Waals surface area (Å²) in [7, 11) is 0. The molecule has 2 aliphatic heterocycles. The van der Waals surface area contributed by atoms with Crippen molar-refractivity contribution < 1.29 is 14.0 Å². The van der Waals surface area contributed by atoms with E-state index in [9.17, 15) is 14.0 Å². The van der Waals surface area contributed by atoms with Crippen molar-refractivity contribution in [1.29, 1.82) is 0 Å². The van der Waals surface area contributed by atoms with Gasteiger partial charge in [0.25, 0.3) is 5.91 Å². The van der Waals surface area contributed by atoms with E-state index in [-0.39, 0.29) is 28.2 Å². The summed E-state index contributed by atoms with van der Waals surface area (Å²) in [6, 6.07) is 16.1. The number of nitrogens with zero attached hydrogens (tertiary/aromatic N) is 2. The zero-order chi connectivity index (χ0) is 21.1. The molecule has 158 valence electrons. The van der Waals surface area contributed by atoms with E-state index in [1.54, 1.807) is 30.0 Å². The van der Waals surface area contributed by atoms with Crippen LogP contribution < -0.4 is 0 Å². The highest BCUT2D eigenvalue weighted by Gasteiger charge is 2.47. The summed E-state index contributed by atoms with van der Waals surface area (Å²) in [6.45, 7) is 3.91. The van der Waals surface area contributed by atoms with Crippen LogP contribution in [0.1, 0.15) is 48.0 Å². The molecular weight excluding hydrogens is 399 g/mol. The van der Waals surface area contributed by atoms with Gasteiger partial charge >= 0.3 is 0 Å². The van der Waals surface area contributed by atoms with Crippen LogP contribution >= 0.6 is 11.8 Å². The summed E-state index contributed by atoms with van der Waals surface area (Å²) in [6.07, 6.45) is 2.20. The molecule has 0 saturated carbocycles. The van der Waals surface area contributed by atoms with E-state index in [1.165, 1.54) is 6.07 Å². The summed E-state index contributed by atoms with van der Waals surface area (Å²) in [4.78, 5) is 29.7. The molecule has 0 bridgehead atoms. The Labute approximate surface area is 181 Å². The van der Waals surface area contributed by atoms with Crippen LogP contribution in [0.4, 0.5) is 4.39 Å². The highest BCUT2D eigenvalue weighted by atomic mass is 32.2. The van der Waals surface area contributed by atoms with Crippen LogP contribution in [0.5, 0.6) is 0 Å². The predicted octanol–water partition coefficient (Wildman–Crippen LogP) is 4.53. The van der Waals surface area contributed by atoms with Crippen molar-refractivity contribution in [1.82, 2.24) is 9.80 Å². The SMILES string of the molecule is CCC(C(=O)N1CCC2(CC1)SCCN2C(=O)c1ccccc1F)c1ccccc1. The van der Waals surface area contributed by atoms with Gasteiger partial charge in [0.05, 0.1) is 16.4 Å². The number of piperidine rings is 1. The van der Waals surface area contributed by atoms with Gasteiger partial charge in [-0.05, 0) is 37.0 Å². The number of likely N-dealkylation sites (tertiary alicyclic amines) is 1. The summed E-state index contributed by atoms with van der Waals surface area (Å²) < 4.78 is 14.2. The van der Waals surface area contributed by atoms with Gasteiger partial charge < -0.3 is 9.80 Å².